The molecule has 1 heterocycles. The van der Waals surface area contributed by atoms with Crippen molar-refractivity contribution in [3.05, 3.63) is 90.0 Å². The van der Waals surface area contributed by atoms with Crippen LogP contribution in [0.4, 0.5) is 0 Å². The molecular formula is C24H24N4O3S2. The summed E-state index contributed by atoms with van der Waals surface area (Å²) in [5.41, 5.74) is 2.65. The van der Waals surface area contributed by atoms with E-state index in [1.54, 1.807) is 17.0 Å². The van der Waals surface area contributed by atoms with Crippen molar-refractivity contribution in [2.24, 2.45) is 0 Å². The van der Waals surface area contributed by atoms with Crippen LogP contribution in [0, 0.1) is 0 Å². The van der Waals surface area contributed by atoms with E-state index in [2.05, 4.69) is 13.5 Å². The summed E-state index contributed by atoms with van der Waals surface area (Å²) in [4.78, 5) is 15.3. The highest BCUT2D eigenvalue weighted by Gasteiger charge is 2.30. The fraction of sp³-hybridized carbons (Fsp3) is 0.208. The highest BCUT2D eigenvalue weighted by Crippen LogP contribution is 2.22. The Morgan fingerprint density at radius 3 is 2.27 bits per heavy atom. The number of carbonyl (C=O) groups is 1. The van der Waals surface area contributed by atoms with Crippen LogP contribution in [0.2, 0.25) is 0 Å². The zero-order valence-corrected chi connectivity index (χ0v) is 19.7. The van der Waals surface area contributed by atoms with Crippen LogP contribution in [0.15, 0.2) is 83.8 Å². The van der Waals surface area contributed by atoms with Gasteiger partial charge in [-0.3, -0.25) is 4.79 Å². The van der Waals surface area contributed by atoms with E-state index in [-0.39, 0.29) is 17.2 Å². The van der Waals surface area contributed by atoms with Crippen molar-refractivity contribution in [1.29, 1.82) is 0 Å². The van der Waals surface area contributed by atoms with Gasteiger partial charge in [-0.15, -0.1) is 0 Å². The molecule has 0 radical (unpaired) electrons. The van der Waals surface area contributed by atoms with Crippen LogP contribution in [-0.4, -0.2) is 40.6 Å². The molecule has 0 saturated heterocycles. The minimum absolute atomic E-state index is 0.0192. The van der Waals surface area contributed by atoms with Gasteiger partial charge in [0.1, 0.15) is 22.0 Å². The van der Waals surface area contributed by atoms with E-state index in [0.717, 1.165) is 22.9 Å². The number of nitrogens with zero attached hydrogens (tertiary/aromatic N) is 3. The first-order valence-electron chi connectivity index (χ1n) is 10.6. The number of rotatable bonds is 9. The van der Waals surface area contributed by atoms with Crippen molar-refractivity contribution in [3.8, 4) is 0 Å². The first-order chi connectivity index (χ1) is 16.0. The van der Waals surface area contributed by atoms with E-state index in [9.17, 15) is 13.2 Å². The Labute approximate surface area is 197 Å². The first kappa shape index (κ1) is 23.0. The van der Waals surface area contributed by atoms with Crippen molar-refractivity contribution in [2.45, 2.75) is 30.8 Å². The van der Waals surface area contributed by atoms with Gasteiger partial charge in [0.2, 0.25) is 15.9 Å². The van der Waals surface area contributed by atoms with Gasteiger partial charge in [0.15, 0.2) is 0 Å². The van der Waals surface area contributed by atoms with Crippen molar-refractivity contribution in [1.82, 2.24) is 18.4 Å². The van der Waals surface area contributed by atoms with E-state index in [1.807, 2.05) is 67.6 Å². The fourth-order valence-corrected chi connectivity index (χ4v) is 5.60. The average molecular weight is 481 g/mol. The monoisotopic (exact) mass is 480 g/mol. The van der Waals surface area contributed by atoms with Gasteiger partial charge < -0.3 is 4.90 Å². The minimum atomic E-state index is -4.03. The Bertz CT molecular complexity index is 1330. The molecule has 3 aromatic carbocycles. The Morgan fingerprint density at radius 1 is 0.939 bits per heavy atom. The van der Waals surface area contributed by atoms with E-state index >= 15 is 0 Å². The Kier molecular flexibility index (Phi) is 7.12. The number of aromatic nitrogens is 2. The molecule has 7 nitrogen and oxygen atoms in total. The van der Waals surface area contributed by atoms with Crippen LogP contribution < -0.4 is 4.72 Å². The summed E-state index contributed by atoms with van der Waals surface area (Å²) < 4.78 is 37.7. The Morgan fingerprint density at radius 2 is 1.61 bits per heavy atom. The molecule has 0 fully saturated rings. The summed E-state index contributed by atoms with van der Waals surface area (Å²) >= 11 is 0.953. The molecule has 1 aromatic heterocycles. The van der Waals surface area contributed by atoms with Gasteiger partial charge in [0, 0.05) is 13.1 Å². The Balaban J connectivity index is 1.65. The lowest BCUT2D eigenvalue weighted by Gasteiger charge is -2.27. The second kappa shape index (κ2) is 10.2. The molecule has 1 N–H and O–H groups in total. The molecule has 0 unspecified atom stereocenters. The van der Waals surface area contributed by atoms with Crippen LogP contribution in [-0.2, 0) is 27.8 Å². The number of hydrogen-bond donors (Lipinski definition) is 1. The largest absolute Gasteiger partial charge is 0.337 e. The highest BCUT2D eigenvalue weighted by molar-refractivity contribution is 7.89. The summed E-state index contributed by atoms with van der Waals surface area (Å²) in [6, 6.07) is 22.9. The number of nitrogens with one attached hydrogen (secondary N) is 1. The molecular weight excluding hydrogens is 456 g/mol. The molecule has 0 spiro atoms. The molecule has 33 heavy (non-hydrogen) atoms. The van der Waals surface area contributed by atoms with Crippen molar-refractivity contribution >= 4 is 38.7 Å². The van der Waals surface area contributed by atoms with Crippen molar-refractivity contribution in [2.75, 3.05) is 6.54 Å². The summed E-state index contributed by atoms with van der Waals surface area (Å²) in [6.45, 7) is 2.73. The number of likely N-dealkylation sites (N-methyl/N-ethyl adjacent to an activating group) is 1. The first-order valence-corrected chi connectivity index (χ1v) is 12.8. The maximum absolute atomic E-state index is 13.6. The van der Waals surface area contributed by atoms with E-state index < -0.39 is 16.1 Å². The number of sulfonamides is 1. The second-order valence-electron chi connectivity index (χ2n) is 7.59. The van der Waals surface area contributed by atoms with Crippen LogP contribution >= 0.6 is 11.7 Å². The number of amides is 1. The van der Waals surface area contributed by atoms with Gasteiger partial charge in [0.25, 0.3) is 0 Å². The Hall–Kier alpha value is -3.14. The maximum atomic E-state index is 13.6. The van der Waals surface area contributed by atoms with Crippen LogP contribution in [0.25, 0.3) is 11.0 Å². The maximum Gasteiger partial charge on any atom is 0.243 e. The minimum Gasteiger partial charge on any atom is -0.337 e. The van der Waals surface area contributed by atoms with Crippen LogP contribution in [0.3, 0.4) is 0 Å². The zero-order chi connectivity index (χ0) is 23.3. The predicted octanol–water partition coefficient (Wildman–Crippen LogP) is 3.63. The summed E-state index contributed by atoms with van der Waals surface area (Å²) in [5, 5.41) is 0. The lowest BCUT2D eigenvalue weighted by Crippen LogP contribution is -2.49. The zero-order valence-electron chi connectivity index (χ0n) is 18.1. The summed E-state index contributed by atoms with van der Waals surface area (Å²) in [7, 11) is -4.03. The fourth-order valence-electron chi connectivity index (χ4n) is 3.65. The van der Waals surface area contributed by atoms with Gasteiger partial charge >= 0.3 is 0 Å². The smallest absolute Gasteiger partial charge is 0.243 e. The molecule has 1 amide bonds. The molecule has 1 atom stereocenters. The van der Waals surface area contributed by atoms with Crippen molar-refractivity contribution < 1.29 is 13.2 Å². The normalized spacial score (nSPS) is 12.5. The van der Waals surface area contributed by atoms with E-state index in [0.29, 0.717) is 24.1 Å². The number of hydrogen-bond acceptors (Lipinski definition) is 6. The lowest BCUT2D eigenvalue weighted by molar-refractivity contribution is -0.133. The highest BCUT2D eigenvalue weighted by atomic mass is 32.2. The molecule has 170 valence electrons. The molecule has 0 aliphatic rings. The van der Waals surface area contributed by atoms with Gasteiger partial charge in [0.05, 0.1) is 11.7 Å². The van der Waals surface area contributed by atoms with Crippen LogP contribution in [0.1, 0.15) is 18.1 Å². The summed E-state index contributed by atoms with van der Waals surface area (Å²) in [6.07, 6.45) is 0.232. The molecule has 0 aliphatic carbocycles. The van der Waals surface area contributed by atoms with E-state index in [4.69, 9.17) is 0 Å². The molecule has 0 saturated carbocycles. The molecule has 4 rings (SSSR count). The van der Waals surface area contributed by atoms with Gasteiger partial charge in [-0.2, -0.15) is 13.5 Å². The quantitative estimate of drug-likeness (QED) is 0.395. The average Bonchev–Trinajstić information content (AvgIpc) is 3.32. The van der Waals surface area contributed by atoms with Crippen molar-refractivity contribution in [3.63, 3.8) is 0 Å². The summed E-state index contributed by atoms with van der Waals surface area (Å²) in [5.74, 6) is -0.280. The predicted molar refractivity (Wildman–Crippen MR) is 129 cm³/mol. The van der Waals surface area contributed by atoms with Crippen LogP contribution in [0.5, 0.6) is 0 Å². The number of fused-ring (bicyclic) bond motifs is 1. The molecule has 0 aliphatic heterocycles. The lowest BCUT2D eigenvalue weighted by atomic mass is 10.1. The number of benzene rings is 3. The molecule has 4 aromatic rings. The van der Waals surface area contributed by atoms with Gasteiger partial charge in [-0.25, -0.2) is 8.42 Å². The SMILES string of the molecule is CCN(Cc1ccccc1)C(=O)[C@@H](Cc1ccccc1)NS(=O)(=O)c1cccc2nsnc12. The number of carbonyl (C=O) groups excluding carboxylic acids is 1. The standard InChI is InChI=1S/C24H24N4O3S2/c1-2-28(17-19-12-7-4-8-13-19)24(29)21(16-18-10-5-3-6-11-18)27-33(30,31)22-15-9-14-20-23(22)26-32-25-20/h3-15,21,27H,2,16-17H2,1H3/t21-/m1/s1. The third kappa shape index (κ3) is 5.44. The second-order valence-corrected chi connectivity index (χ2v) is 9.80. The van der Waals surface area contributed by atoms with E-state index in [1.165, 1.54) is 6.07 Å². The molecule has 9 heteroatoms. The molecule has 0 bridgehead atoms. The van der Waals surface area contributed by atoms with Gasteiger partial charge in [-0.1, -0.05) is 66.7 Å². The third-order valence-corrected chi connectivity index (χ3v) is 7.37. The topological polar surface area (TPSA) is 92.3 Å². The van der Waals surface area contributed by atoms with Gasteiger partial charge in [-0.05, 0) is 36.6 Å². The third-order valence-electron chi connectivity index (χ3n) is 5.33.